The first-order valence-corrected chi connectivity index (χ1v) is 19.9. The van der Waals surface area contributed by atoms with Crippen molar-refractivity contribution in [3.8, 4) is 23.0 Å². The van der Waals surface area contributed by atoms with Crippen LogP contribution in [0.2, 0.25) is 0 Å². The normalized spacial score (nSPS) is 17.6. The number of anilines is 1. The summed E-state index contributed by atoms with van der Waals surface area (Å²) in [4.78, 5) is 59.8. The van der Waals surface area contributed by atoms with Gasteiger partial charge in [0.15, 0.2) is 11.5 Å². The molecule has 0 spiro atoms. The molecule has 4 aromatic rings. The highest BCUT2D eigenvalue weighted by molar-refractivity contribution is 6.15. The van der Waals surface area contributed by atoms with Crippen molar-refractivity contribution < 1.29 is 48.0 Å². The zero-order valence-electron chi connectivity index (χ0n) is 34.8. The molecule has 2 unspecified atom stereocenters. The number of benzene rings is 3. The van der Waals surface area contributed by atoms with Gasteiger partial charge in [-0.15, -0.1) is 11.6 Å². The van der Waals surface area contributed by atoms with Crippen molar-refractivity contribution in [3.63, 3.8) is 0 Å². The number of fused-ring (bicyclic) bond motifs is 4. The van der Waals surface area contributed by atoms with Gasteiger partial charge in [0.1, 0.15) is 17.5 Å². The summed E-state index contributed by atoms with van der Waals surface area (Å²) in [6.07, 6.45) is 5.86. The molecule has 0 bridgehead atoms. The average Bonchev–Trinajstić information content (AvgIpc) is 3.87. The fraction of sp³-hybridized carbons (Fsp3) is 0.442. The number of carboxylic acid groups (broad SMARTS) is 1. The average molecular weight is 823 g/mol. The van der Waals surface area contributed by atoms with Gasteiger partial charge >= 0.3 is 18.2 Å². The van der Waals surface area contributed by atoms with Crippen molar-refractivity contribution in [3.05, 3.63) is 65.9 Å². The number of H-pyrrole nitrogens is 1. The maximum Gasteiger partial charge on any atom is 0.415 e. The number of nitrogens with one attached hydrogen (secondary N) is 1. The number of aromatic nitrogens is 1. The lowest BCUT2D eigenvalue weighted by molar-refractivity contribution is -0.149. The third-order valence-electron chi connectivity index (χ3n) is 10.4. The number of rotatable bonds is 10. The van der Waals surface area contributed by atoms with Crippen LogP contribution in [0.1, 0.15) is 62.5 Å². The second-order valence-corrected chi connectivity index (χ2v) is 13.9. The predicted octanol–water partition coefficient (Wildman–Crippen LogP) is 8.52. The molecule has 58 heavy (non-hydrogen) atoms. The summed E-state index contributed by atoms with van der Waals surface area (Å²) in [7, 11) is 7.72. The Morgan fingerprint density at radius 1 is 0.897 bits per heavy atom. The quantitative estimate of drug-likeness (QED) is 0.117. The number of amides is 3. The van der Waals surface area contributed by atoms with Crippen LogP contribution in [0.15, 0.2) is 54.6 Å². The Morgan fingerprint density at radius 2 is 1.55 bits per heavy atom. The van der Waals surface area contributed by atoms with E-state index in [9.17, 15) is 24.3 Å². The zero-order valence-corrected chi connectivity index (χ0v) is 35.5. The number of hydrogen-bond acceptors (Lipinski definition) is 9. The lowest BCUT2D eigenvalue weighted by Crippen LogP contribution is -2.39. The number of hydrogen-bond donors (Lipinski definition) is 2. The van der Waals surface area contributed by atoms with E-state index in [1.54, 1.807) is 50.2 Å². The fourth-order valence-electron chi connectivity index (χ4n) is 7.05. The first-order chi connectivity index (χ1) is 27.9. The number of aromatic amines is 1. The first kappa shape index (κ1) is 45.1. The first-order valence-electron chi connectivity index (χ1n) is 19.2. The molecule has 15 heteroatoms. The van der Waals surface area contributed by atoms with Gasteiger partial charge in [-0.2, -0.15) is 0 Å². The summed E-state index contributed by atoms with van der Waals surface area (Å²) in [5.74, 6) is 0.459. The predicted molar refractivity (Wildman–Crippen MR) is 225 cm³/mol. The number of carbonyl (C=O) groups excluding carboxylic acids is 3. The van der Waals surface area contributed by atoms with Crippen molar-refractivity contribution in [1.82, 2.24) is 14.8 Å². The van der Waals surface area contributed by atoms with Crippen molar-refractivity contribution in [2.75, 3.05) is 66.3 Å². The zero-order chi connectivity index (χ0) is 42.7. The Morgan fingerprint density at radius 3 is 2.19 bits per heavy atom. The Labute approximate surface area is 344 Å². The molecule has 1 aliphatic heterocycles. The van der Waals surface area contributed by atoms with Crippen molar-refractivity contribution in [2.45, 2.75) is 59.0 Å². The van der Waals surface area contributed by atoms with Gasteiger partial charge in [-0.3, -0.25) is 9.59 Å². The standard InChI is InChI=1S/C40H46N4O10.C2H6.CH3Cl/c1-40(37(46)47)16-10-9-11-25(14-17-40)53-38(48)42(2)19-20-43(3)39(49)54-31-23-30-27(26-12-7-8-13-28(26)31)15-18-44(30)36(45)29-21-24-22-32(50-4)34(51-5)35(52-6)33(24)41-29;2*1-2/h7-9,11-13,21-23,25,41H,10,14-20H2,1-6H3,(H,46,47);1-2H3;1H3/b11-9+;;. The minimum atomic E-state index is -0.876. The molecule has 2 N–H and O–H groups in total. The monoisotopic (exact) mass is 822 g/mol. The molecule has 1 aliphatic carbocycles. The fourth-order valence-corrected chi connectivity index (χ4v) is 7.05. The van der Waals surface area contributed by atoms with Crippen LogP contribution in [-0.2, 0) is 16.0 Å². The molecule has 0 saturated heterocycles. The number of methoxy groups -OCH3 is 3. The second-order valence-electron chi connectivity index (χ2n) is 13.9. The Hall–Kier alpha value is -5.63. The Kier molecular flexibility index (Phi) is 15.7. The molecule has 14 nitrogen and oxygen atoms in total. The molecule has 2 heterocycles. The number of ether oxygens (including phenoxy) is 5. The largest absolute Gasteiger partial charge is 0.493 e. The van der Waals surface area contributed by atoms with Gasteiger partial charge < -0.3 is 48.5 Å². The molecule has 0 fully saturated rings. The van der Waals surface area contributed by atoms with Gasteiger partial charge in [0, 0.05) is 57.0 Å². The van der Waals surface area contributed by atoms with Crippen molar-refractivity contribution >= 4 is 63.0 Å². The van der Waals surface area contributed by atoms with Gasteiger partial charge in [0.2, 0.25) is 5.75 Å². The van der Waals surface area contributed by atoms with Gasteiger partial charge in [0.05, 0.1) is 37.9 Å². The summed E-state index contributed by atoms with van der Waals surface area (Å²) in [6.45, 7) is 6.45. The molecule has 0 saturated carbocycles. The van der Waals surface area contributed by atoms with E-state index >= 15 is 0 Å². The van der Waals surface area contributed by atoms with Crippen molar-refractivity contribution in [2.24, 2.45) is 5.41 Å². The third-order valence-corrected chi connectivity index (χ3v) is 10.4. The van der Waals surface area contributed by atoms with E-state index in [4.69, 9.17) is 23.7 Å². The molecule has 6 rings (SSSR count). The van der Waals surface area contributed by atoms with Crippen LogP contribution in [0, 0.1) is 5.41 Å². The highest BCUT2D eigenvalue weighted by atomic mass is 35.5. The number of carboxylic acids is 1. The molecular formula is C43H55ClN4O10. The van der Waals surface area contributed by atoms with Crippen LogP contribution in [-0.4, -0.2) is 111 Å². The summed E-state index contributed by atoms with van der Waals surface area (Å²) < 4.78 is 28.3. The number of likely N-dealkylation sites (N-methyl/N-ethyl adjacent to an activating group) is 2. The molecule has 3 amide bonds. The number of halogens is 1. The maximum atomic E-state index is 14.1. The summed E-state index contributed by atoms with van der Waals surface area (Å²) in [5, 5.41) is 12.0. The van der Waals surface area contributed by atoms with Crippen LogP contribution in [0.4, 0.5) is 15.3 Å². The summed E-state index contributed by atoms with van der Waals surface area (Å²) >= 11 is 4.64. The van der Waals surface area contributed by atoms with Gasteiger partial charge in [-0.1, -0.05) is 44.2 Å². The van der Waals surface area contributed by atoms with E-state index in [-0.39, 0.29) is 19.0 Å². The Bertz CT molecular complexity index is 2140. The van der Waals surface area contributed by atoms with Crippen LogP contribution >= 0.6 is 11.6 Å². The van der Waals surface area contributed by atoms with Gasteiger partial charge in [0.25, 0.3) is 5.91 Å². The smallest absolute Gasteiger partial charge is 0.415 e. The molecular weight excluding hydrogens is 768 g/mol. The highest BCUT2D eigenvalue weighted by Gasteiger charge is 2.35. The van der Waals surface area contributed by atoms with Crippen LogP contribution in [0.5, 0.6) is 23.0 Å². The van der Waals surface area contributed by atoms with Gasteiger partial charge in [-0.25, -0.2) is 9.59 Å². The topological polar surface area (TPSA) is 160 Å². The summed E-state index contributed by atoms with van der Waals surface area (Å²) in [5.41, 5.74) is 1.66. The van der Waals surface area contributed by atoms with E-state index in [0.29, 0.717) is 83.9 Å². The third kappa shape index (κ3) is 9.55. The summed E-state index contributed by atoms with van der Waals surface area (Å²) in [6, 6.07) is 12.8. The number of aliphatic carboxylic acids is 1. The number of carbonyl (C=O) groups is 4. The van der Waals surface area contributed by atoms with E-state index < -0.39 is 29.7 Å². The molecule has 3 aromatic carbocycles. The minimum Gasteiger partial charge on any atom is -0.493 e. The van der Waals surface area contributed by atoms with E-state index in [2.05, 4.69) is 16.6 Å². The highest BCUT2D eigenvalue weighted by Crippen LogP contribution is 2.44. The van der Waals surface area contributed by atoms with Crippen LogP contribution in [0.3, 0.4) is 0 Å². The van der Waals surface area contributed by atoms with Crippen LogP contribution < -0.4 is 23.8 Å². The molecule has 2 aliphatic rings. The molecule has 0 radical (unpaired) electrons. The van der Waals surface area contributed by atoms with Crippen molar-refractivity contribution in [1.29, 1.82) is 0 Å². The Balaban J connectivity index is 0.00000180. The van der Waals surface area contributed by atoms with Crippen LogP contribution in [0.25, 0.3) is 21.7 Å². The van der Waals surface area contributed by atoms with E-state index in [1.165, 1.54) is 37.5 Å². The van der Waals surface area contributed by atoms with Gasteiger partial charge in [-0.05, 0) is 68.2 Å². The molecule has 2 atom stereocenters. The maximum absolute atomic E-state index is 14.1. The molecule has 314 valence electrons. The lowest BCUT2D eigenvalue weighted by atomic mass is 9.79. The molecule has 1 aromatic heterocycles. The minimum absolute atomic E-state index is 0.148. The second kappa shape index (κ2) is 20.2. The number of nitrogens with zero attached hydrogens (tertiary/aromatic N) is 3. The lowest BCUT2D eigenvalue weighted by Gasteiger charge is -2.29. The number of allylic oxidation sites excluding steroid dienone is 1. The SMILES string of the molecule is CC.CCl.COc1cc2cc(C(=O)N3CCc4c3cc(OC(=O)N(C)CCN(C)C(=O)OC3/C=C/CCC(C)(C(=O)O)CC3)c3ccccc43)[nH]c2c(OC)c1OC. The number of alkyl halides is 1. The van der Waals surface area contributed by atoms with E-state index in [1.807, 2.05) is 44.2 Å². The van der Waals surface area contributed by atoms with E-state index in [0.717, 1.165) is 16.3 Å².